The number of aryl methyl sites for hydroxylation is 1. The van der Waals surface area contributed by atoms with Gasteiger partial charge in [0.25, 0.3) is 0 Å². The largest absolute Gasteiger partial charge is 0.491 e. The van der Waals surface area contributed by atoms with Crippen molar-refractivity contribution in [2.75, 3.05) is 44.2 Å². The maximum Gasteiger partial charge on any atom is 0.339 e. The maximum absolute atomic E-state index is 13.1. The Morgan fingerprint density at radius 2 is 1.78 bits per heavy atom. The van der Waals surface area contributed by atoms with E-state index in [-0.39, 0.29) is 18.0 Å². The molecule has 1 saturated heterocycles. The van der Waals surface area contributed by atoms with Crippen molar-refractivity contribution in [3.8, 4) is 5.75 Å². The van der Waals surface area contributed by atoms with Gasteiger partial charge in [0.15, 0.2) is 0 Å². The third-order valence-electron chi connectivity index (χ3n) is 6.42. The SMILES string of the molecule is O=c1oc2cc(OC[C@H](O)CN3CCN(c4ccc(F)cc4)CC3)ccc2c2c1CCC2. The monoisotopic (exact) mass is 438 g/mol. The zero-order chi connectivity index (χ0) is 22.1. The molecule has 3 aromatic rings. The van der Waals surface area contributed by atoms with E-state index in [1.807, 2.05) is 12.1 Å². The van der Waals surface area contributed by atoms with Crippen LogP contribution in [0.5, 0.6) is 5.75 Å². The summed E-state index contributed by atoms with van der Waals surface area (Å²) in [6, 6.07) is 12.1. The van der Waals surface area contributed by atoms with Gasteiger partial charge in [0.1, 0.15) is 29.9 Å². The van der Waals surface area contributed by atoms with E-state index in [1.165, 1.54) is 12.1 Å². The van der Waals surface area contributed by atoms with Gasteiger partial charge < -0.3 is 19.2 Å². The predicted molar refractivity (Wildman–Crippen MR) is 121 cm³/mol. The van der Waals surface area contributed by atoms with Crippen molar-refractivity contribution >= 4 is 16.7 Å². The predicted octanol–water partition coefficient (Wildman–Crippen LogP) is 2.98. The number of piperazine rings is 1. The van der Waals surface area contributed by atoms with Crippen LogP contribution in [-0.2, 0) is 12.8 Å². The molecule has 1 N–H and O–H groups in total. The number of hydrogen-bond acceptors (Lipinski definition) is 6. The van der Waals surface area contributed by atoms with Crippen molar-refractivity contribution in [1.82, 2.24) is 4.90 Å². The Morgan fingerprint density at radius 3 is 2.56 bits per heavy atom. The van der Waals surface area contributed by atoms with Crippen molar-refractivity contribution in [2.45, 2.75) is 25.4 Å². The average molecular weight is 438 g/mol. The summed E-state index contributed by atoms with van der Waals surface area (Å²) < 4.78 is 24.4. The maximum atomic E-state index is 13.1. The minimum atomic E-state index is -0.630. The molecule has 0 radical (unpaired) electrons. The molecule has 2 aromatic carbocycles. The highest BCUT2D eigenvalue weighted by molar-refractivity contribution is 5.83. The van der Waals surface area contributed by atoms with E-state index >= 15 is 0 Å². The smallest absolute Gasteiger partial charge is 0.339 e. The van der Waals surface area contributed by atoms with E-state index in [4.69, 9.17) is 9.15 Å². The first kappa shape index (κ1) is 21.0. The summed E-state index contributed by atoms with van der Waals surface area (Å²) in [7, 11) is 0. The number of β-amino-alcohol motifs (C(OH)–C–C–N with tert-alkyl or cyclic N) is 1. The van der Waals surface area contributed by atoms with E-state index < -0.39 is 6.10 Å². The number of anilines is 1. The van der Waals surface area contributed by atoms with Gasteiger partial charge >= 0.3 is 5.63 Å². The Balaban J connectivity index is 1.14. The number of rotatable bonds is 6. The average Bonchev–Trinajstić information content (AvgIpc) is 3.30. The molecule has 1 fully saturated rings. The minimum Gasteiger partial charge on any atom is -0.491 e. The van der Waals surface area contributed by atoms with E-state index in [2.05, 4.69) is 9.80 Å². The van der Waals surface area contributed by atoms with Gasteiger partial charge in [-0.25, -0.2) is 9.18 Å². The molecule has 1 atom stereocenters. The molecule has 1 aliphatic heterocycles. The third-order valence-corrected chi connectivity index (χ3v) is 6.42. The second kappa shape index (κ2) is 8.92. The lowest BCUT2D eigenvalue weighted by atomic mass is 10.1. The summed E-state index contributed by atoms with van der Waals surface area (Å²) in [5.74, 6) is 0.353. The Labute approximate surface area is 185 Å². The Hall–Kier alpha value is -2.90. The number of benzene rings is 2. The number of nitrogens with zero attached hydrogens (tertiary/aromatic N) is 2. The summed E-state index contributed by atoms with van der Waals surface area (Å²) in [6.07, 6.45) is 2.05. The summed E-state index contributed by atoms with van der Waals surface area (Å²) in [4.78, 5) is 16.6. The van der Waals surface area contributed by atoms with Crippen molar-refractivity contribution < 1.29 is 18.7 Å². The fraction of sp³-hybridized carbons (Fsp3) is 0.400. The highest BCUT2D eigenvalue weighted by atomic mass is 19.1. The first-order chi connectivity index (χ1) is 15.6. The van der Waals surface area contributed by atoms with Gasteiger partial charge in [-0.1, -0.05) is 0 Å². The normalized spacial score (nSPS) is 17.5. The lowest BCUT2D eigenvalue weighted by molar-refractivity contribution is 0.0663. The summed E-state index contributed by atoms with van der Waals surface area (Å²) in [5.41, 5.74) is 3.22. The molecule has 6 nitrogen and oxygen atoms in total. The standard InChI is InChI=1S/C25H27FN2O4/c26-17-4-6-18(7-5-17)28-12-10-27(11-13-28)15-19(29)16-31-20-8-9-22-21-2-1-3-23(21)25(30)32-24(22)14-20/h4-9,14,19,29H,1-3,10-13,15-16H2/t19-/m1/s1. The third kappa shape index (κ3) is 4.36. The van der Waals surface area contributed by atoms with E-state index in [0.717, 1.165) is 67.6 Å². The lowest BCUT2D eigenvalue weighted by Crippen LogP contribution is -2.49. The van der Waals surface area contributed by atoms with Gasteiger partial charge in [0.05, 0.1) is 0 Å². The fourth-order valence-electron chi connectivity index (χ4n) is 4.74. The van der Waals surface area contributed by atoms with Crippen molar-refractivity contribution in [3.63, 3.8) is 0 Å². The number of fused-ring (bicyclic) bond motifs is 3. The van der Waals surface area contributed by atoms with E-state index in [1.54, 1.807) is 18.2 Å². The second-order valence-corrected chi connectivity index (χ2v) is 8.59. The van der Waals surface area contributed by atoms with Crippen molar-refractivity contribution in [1.29, 1.82) is 0 Å². The molecule has 0 saturated carbocycles. The van der Waals surface area contributed by atoms with Crippen LogP contribution >= 0.6 is 0 Å². The van der Waals surface area contributed by atoms with Crippen molar-refractivity contribution in [2.24, 2.45) is 0 Å². The highest BCUT2D eigenvalue weighted by Crippen LogP contribution is 2.29. The van der Waals surface area contributed by atoms with Crippen LogP contribution < -0.4 is 15.3 Å². The Bertz CT molecular complexity index is 1150. The zero-order valence-electron chi connectivity index (χ0n) is 17.9. The second-order valence-electron chi connectivity index (χ2n) is 8.59. The van der Waals surface area contributed by atoms with Gasteiger partial charge in [-0.3, -0.25) is 4.90 Å². The number of hydrogen-bond donors (Lipinski definition) is 1. The molecule has 2 heterocycles. The van der Waals surface area contributed by atoms with Crippen LogP contribution in [0.15, 0.2) is 51.7 Å². The summed E-state index contributed by atoms with van der Waals surface area (Å²) >= 11 is 0. The number of aliphatic hydroxyl groups excluding tert-OH is 1. The van der Waals surface area contributed by atoms with Crippen LogP contribution in [0.25, 0.3) is 11.0 Å². The highest BCUT2D eigenvalue weighted by Gasteiger charge is 2.21. The van der Waals surface area contributed by atoms with Gasteiger partial charge in [0, 0.05) is 55.4 Å². The summed E-state index contributed by atoms with van der Waals surface area (Å²) in [6.45, 7) is 3.98. The lowest BCUT2D eigenvalue weighted by Gasteiger charge is -2.36. The zero-order valence-corrected chi connectivity index (χ0v) is 17.9. The molecule has 0 amide bonds. The molecule has 1 aliphatic carbocycles. The van der Waals surface area contributed by atoms with Crippen LogP contribution in [0, 0.1) is 5.82 Å². The van der Waals surface area contributed by atoms with Gasteiger partial charge in [-0.2, -0.15) is 0 Å². The van der Waals surface area contributed by atoms with Crippen molar-refractivity contribution in [3.05, 3.63) is 69.8 Å². The molecule has 168 valence electrons. The first-order valence-electron chi connectivity index (χ1n) is 11.2. The topological polar surface area (TPSA) is 66.2 Å². The molecule has 0 bridgehead atoms. The molecule has 0 spiro atoms. The van der Waals surface area contributed by atoms with Gasteiger partial charge in [-0.15, -0.1) is 0 Å². The van der Waals surface area contributed by atoms with Crippen LogP contribution in [0.2, 0.25) is 0 Å². The molecule has 2 aliphatic rings. The quantitative estimate of drug-likeness (QED) is 0.597. The minimum absolute atomic E-state index is 0.166. The molecule has 0 unspecified atom stereocenters. The molecule has 32 heavy (non-hydrogen) atoms. The number of aliphatic hydroxyl groups is 1. The fourth-order valence-corrected chi connectivity index (χ4v) is 4.74. The van der Waals surface area contributed by atoms with E-state index in [9.17, 15) is 14.3 Å². The molecular weight excluding hydrogens is 411 g/mol. The molecule has 7 heteroatoms. The Morgan fingerprint density at radius 1 is 1.03 bits per heavy atom. The number of halogens is 1. The van der Waals surface area contributed by atoms with Gasteiger partial charge in [0.2, 0.25) is 0 Å². The molecule has 5 rings (SSSR count). The number of ether oxygens (including phenoxy) is 1. The van der Waals surface area contributed by atoms with Crippen LogP contribution in [0.3, 0.4) is 0 Å². The van der Waals surface area contributed by atoms with E-state index in [0.29, 0.717) is 17.9 Å². The van der Waals surface area contributed by atoms with Crippen LogP contribution in [-0.4, -0.2) is 55.4 Å². The van der Waals surface area contributed by atoms with Crippen LogP contribution in [0.4, 0.5) is 10.1 Å². The molecule has 1 aromatic heterocycles. The molecular formula is C25H27FN2O4. The van der Waals surface area contributed by atoms with Gasteiger partial charge in [-0.05, 0) is 61.2 Å². The Kier molecular flexibility index (Phi) is 5.85. The first-order valence-corrected chi connectivity index (χ1v) is 11.2. The summed E-state index contributed by atoms with van der Waals surface area (Å²) in [5, 5.41) is 11.4. The van der Waals surface area contributed by atoms with Crippen LogP contribution in [0.1, 0.15) is 17.5 Å².